The second-order valence-corrected chi connectivity index (χ2v) is 9.16. The van der Waals surface area contributed by atoms with Crippen LogP contribution in [0.1, 0.15) is 45.1 Å². The predicted molar refractivity (Wildman–Crippen MR) is 154 cm³/mol. The predicted octanol–water partition coefficient (Wildman–Crippen LogP) is 7.58. The average Bonchev–Trinajstić information content (AvgIpc) is 3.23. The SMILES string of the molecule is C\C=C(/C=C\C=C\OC)Cn1c(C(=O)OCC)c(-c2ccc(OCC(C)C)cc2)c2cc(OCC)ccc21. The van der Waals surface area contributed by atoms with Crippen molar-refractivity contribution in [2.45, 2.75) is 41.2 Å². The number of benzene rings is 2. The van der Waals surface area contributed by atoms with E-state index in [1.165, 1.54) is 0 Å². The number of aromatic nitrogens is 1. The molecule has 0 fully saturated rings. The lowest BCUT2D eigenvalue weighted by molar-refractivity contribution is 0.0516. The van der Waals surface area contributed by atoms with Crippen molar-refractivity contribution >= 4 is 16.9 Å². The van der Waals surface area contributed by atoms with Gasteiger partial charge in [-0.2, -0.15) is 0 Å². The standard InChI is InChI=1S/C32H39NO5/c1-7-24(12-10-11-19-35-6)21-33-29-18-17-27(36-8-2)20-28(29)30(31(33)32(34)37-9-3)25-13-15-26(16-14-25)38-22-23(4)5/h7,10-20,23H,8-9,21-22H2,1-6H3/b12-10-,19-11+,24-7+. The summed E-state index contributed by atoms with van der Waals surface area (Å²) < 4.78 is 24.3. The fraction of sp³-hybridized carbons (Fsp3) is 0.344. The van der Waals surface area contributed by atoms with Gasteiger partial charge in [0.1, 0.15) is 17.2 Å². The maximum Gasteiger partial charge on any atom is 0.355 e. The van der Waals surface area contributed by atoms with Gasteiger partial charge in [0, 0.05) is 23.0 Å². The van der Waals surface area contributed by atoms with Crippen LogP contribution in [0.25, 0.3) is 22.0 Å². The van der Waals surface area contributed by atoms with E-state index in [1.807, 2.05) is 92.1 Å². The molecule has 0 aliphatic heterocycles. The van der Waals surface area contributed by atoms with Crippen molar-refractivity contribution in [3.8, 4) is 22.6 Å². The van der Waals surface area contributed by atoms with Gasteiger partial charge in [-0.3, -0.25) is 0 Å². The second-order valence-electron chi connectivity index (χ2n) is 9.16. The monoisotopic (exact) mass is 517 g/mol. The van der Waals surface area contributed by atoms with E-state index < -0.39 is 0 Å². The number of methoxy groups -OCH3 is 1. The third kappa shape index (κ3) is 7.09. The van der Waals surface area contributed by atoms with Crippen LogP contribution < -0.4 is 9.47 Å². The topological polar surface area (TPSA) is 58.9 Å². The highest BCUT2D eigenvalue weighted by Gasteiger charge is 2.26. The van der Waals surface area contributed by atoms with Crippen molar-refractivity contribution in [2.75, 3.05) is 26.9 Å². The van der Waals surface area contributed by atoms with Crippen molar-refractivity contribution in [1.29, 1.82) is 0 Å². The first kappa shape index (κ1) is 28.6. The number of hydrogen-bond acceptors (Lipinski definition) is 5. The molecule has 0 spiro atoms. The van der Waals surface area contributed by atoms with Crippen molar-refractivity contribution in [3.63, 3.8) is 0 Å². The van der Waals surface area contributed by atoms with Crippen molar-refractivity contribution in [2.24, 2.45) is 5.92 Å². The van der Waals surface area contributed by atoms with Crippen LogP contribution >= 0.6 is 0 Å². The van der Waals surface area contributed by atoms with Crippen LogP contribution in [0, 0.1) is 5.92 Å². The summed E-state index contributed by atoms with van der Waals surface area (Å²) in [4.78, 5) is 13.5. The summed E-state index contributed by atoms with van der Waals surface area (Å²) in [5.41, 5.74) is 4.18. The van der Waals surface area contributed by atoms with Gasteiger partial charge >= 0.3 is 5.97 Å². The molecular formula is C32H39NO5. The first-order chi connectivity index (χ1) is 18.4. The second kappa shape index (κ2) is 14.1. The number of allylic oxidation sites excluding steroid dienone is 5. The highest BCUT2D eigenvalue weighted by atomic mass is 16.5. The average molecular weight is 518 g/mol. The van der Waals surface area contributed by atoms with Crippen molar-refractivity contribution in [3.05, 3.63) is 84.3 Å². The third-order valence-electron chi connectivity index (χ3n) is 5.89. The molecule has 0 atom stereocenters. The molecule has 0 radical (unpaired) electrons. The molecule has 3 aromatic rings. The number of esters is 1. The number of nitrogens with zero attached hydrogens (tertiary/aromatic N) is 1. The van der Waals surface area contributed by atoms with Crippen LogP contribution in [0.15, 0.2) is 78.6 Å². The molecule has 3 rings (SSSR count). The number of carbonyl (C=O) groups is 1. The molecule has 0 saturated heterocycles. The van der Waals surface area contributed by atoms with E-state index >= 15 is 0 Å². The zero-order valence-corrected chi connectivity index (χ0v) is 23.3. The highest BCUT2D eigenvalue weighted by Crippen LogP contribution is 2.38. The van der Waals surface area contributed by atoms with Gasteiger partial charge in [-0.25, -0.2) is 4.79 Å². The van der Waals surface area contributed by atoms with E-state index in [0.29, 0.717) is 31.4 Å². The Kier molecular flexibility index (Phi) is 10.6. The van der Waals surface area contributed by atoms with Gasteiger partial charge in [0.15, 0.2) is 0 Å². The van der Waals surface area contributed by atoms with E-state index in [0.717, 1.165) is 39.1 Å². The minimum atomic E-state index is -0.365. The summed E-state index contributed by atoms with van der Waals surface area (Å²) in [6.45, 7) is 12.0. The van der Waals surface area contributed by atoms with Gasteiger partial charge in [-0.1, -0.05) is 44.2 Å². The molecule has 0 amide bonds. The summed E-state index contributed by atoms with van der Waals surface area (Å²) in [6, 6.07) is 13.8. The first-order valence-corrected chi connectivity index (χ1v) is 13.1. The minimum absolute atomic E-state index is 0.282. The van der Waals surface area contributed by atoms with Crippen LogP contribution in [0.4, 0.5) is 0 Å². The lowest BCUT2D eigenvalue weighted by Gasteiger charge is -2.13. The van der Waals surface area contributed by atoms with E-state index in [2.05, 4.69) is 13.8 Å². The van der Waals surface area contributed by atoms with Gasteiger partial charge in [-0.05, 0) is 74.2 Å². The smallest absolute Gasteiger partial charge is 0.355 e. The quantitative estimate of drug-likeness (QED) is 0.133. The molecule has 0 unspecified atom stereocenters. The summed E-state index contributed by atoms with van der Waals surface area (Å²) in [5.74, 6) is 1.61. The first-order valence-electron chi connectivity index (χ1n) is 13.1. The molecule has 0 saturated carbocycles. The largest absolute Gasteiger partial charge is 0.504 e. The summed E-state index contributed by atoms with van der Waals surface area (Å²) in [5, 5.41) is 0.925. The maximum atomic E-state index is 13.5. The molecule has 6 heteroatoms. The van der Waals surface area contributed by atoms with Crippen molar-refractivity contribution < 1.29 is 23.7 Å². The Hall–Kier alpha value is -3.93. The lowest BCUT2D eigenvalue weighted by Crippen LogP contribution is -2.14. The van der Waals surface area contributed by atoms with Gasteiger partial charge in [0.25, 0.3) is 0 Å². The van der Waals surface area contributed by atoms with Crippen LogP contribution in [0.2, 0.25) is 0 Å². The molecule has 202 valence electrons. The molecule has 38 heavy (non-hydrogen) atoms. The molecule has 2 aromatic carbocycles. The molecule has 0 N–H and O–H groups in total. The van der Waals surface area contributed by atoms with Gasteiger partial charge in [0.2, 0.25) is 0 Å². The number of carbonyl (C=O) groups excluding carboxylic acids is 1. The summed E-state index contributed by atoms with van der Waals surface area (Å²) in [6.07, 6.45) is 9.39. The third-order valence-corrected chi connectivity index (χ3v) is 5.89. The van der Waals surface area contributed by atoms with E-state index in [-0.39, 0.29) is 12.6 Å². The Balaban J connectivity index is 2.21. The maximum absolute atomic E-state index is 13.5. The summed E-state index contributed by atoms with van der Waals surface area (Å²) in [7, 11) is 1.61. The molecule has 1 heterocycles. The Morgan fingerprint density at radius 2 is 1.71 bits per heavy atom. The number of ether oxygens (including phenoxy) is 4. The zero-order valence-electron chi connectivity index (χ0n) is 23.3. The fourth-order valence-corrected chi connectivity index (χ4v) is 4.16. The molecule has 0 bridgehead atoms. The van der Waals surface area contributed by atoms with Gasteiger partial charge < -0.3 is 23.5 Å². The van der Waals surface area contributed by atoms with E-state index in [4.69, 9.17) is 18.9 Å². The van der Waals surface area contributed by atoms with E-state index in [1.54, 1.807) is 13.4 Å². The van der Waals surface area contributed by atoms with Crippen LogP contribution in [-0.2, 0) is 16.0 Å². The highest BCUT2D eigenvalue weighted by molar-refractivity contribution is 6.09. The van der Waals surface area contributed by atoms with E-state index in [9.17, 15) is 4.79 Å². The van der Waals surface area contributed by atoms with Gasteiger partial charge in [-0.15, -0.1) is 0 Å². The van der Waals surface area contributed by atoms with Crippen molar-refractivity contribution in [1.82, 2.24) is 4.57 Å². The zero-order chi connectivity index (χ0) is 27.5. The number of hydrogen-bond donors (Lipinski definition) is 0. The molecule has 6 nitrogen and oxygen atoms in total. The molecular weight excluding hydrogens is 478 g/mol. The molecule has 0 aliphatic carbocycles. The normalized spacial score (nSPS) is 12.1. The number of rotatable bonds is 13. The Bertz CT molecular complexity index is 1300. The Labute approximate surface area is 226 Å². The molecule has 1 aromatic heterocycles. The Morgan fingerprint density at radius 3 is 2.34 bits per heavy atom. The fourth-order valence-electron chi connectivity index (χ4n) is 4.16. The summed E-state index contributed by atoms with van der Waals surface area (Å²) >= 11 is 0. The number of fused-ring (bicyclic) bond motifs is 1. The lowest BCUT2D eigenvalue weighted by atomic mass is 10.0. The molecule has 0 aliphatic rings. The van der Waals surface area contributed by atoms with Crippen LogP contribution in [0.3, 0.4) is 0 Å². The van der Waals surface area contributed by atoms with Crippen LogP contribution in [-0.4, -0.2) is 37.5 Å². The Morgan fingerprint density at radius 1 is 0.974 bits per heavy atom. The van der Waals surface area contributed by atoms with Crippen LogP contribution in [0.5, 0.6) is 11.5 Å². The minimum Gasteiger partial charge on any atom is -0.504 e. The van der Waals surface area contributed by atoms with Gasteiger partial charge in [0.05, 0.1) is 33.2 Å².